The van der Waals surface area contributed by atoms with Crippen molar-refractivity contribution in [1.29, 1.82) is 0 Å². The molecule has 3 heteroatoms. The van der Waals surface area contributed by atoms with E-state index in [9.17, 15) is 0 Å². The van der Waals surface area contributed by atoms with Crippen LogP contribution in [0.4, 0.5) is 5.69 Å². The van der Waals surface area contributed by atoms with Gasteiger partial charge in [-0.15, -0.1) is 0 Å². The SMILES string of the molecule is CC(Nc1cccc2ccncc12)C1CCOC1. The van der Waals surface area contributed by atoms with Crippen LogP contribution in [-0.4, -0.2) is 24.2 Å². The van der Waals surface area contributed by atoms with Crippen LogP contribution in [0, 0.1) is 5.92 Å². The first-order valence-corrected chi connectivity index (χ1v) is 6.51. The number of anilines is 1. The minimum absolute atomic E-state index is 0.429. The highest BCUT2D eigenvalue weighted by Gasteiger charge is 2.22. The van der Waals surface area contributed by atoms with Crippen LogP contribution in [0.1, 0.15) is 13.3 Å². The first kappa shape index (κ1) is 11.5. The molecule has 0 spiro atoms. The van der Waals surface area contributed by atoms with Crippen molar-refractivity contribution >= 4 is 16.5 Å². The van der Waals surface area contributed by atoms with E-state index in [1.54, 1.807) is 0 Å². The molecule has 94 valence electrons. The minimum Gasteiger partial charge on any atom is -0.382 e. The van der Waals surface area contributed by atoms with E-state index >= 15 is 0 Å². The summed E-state index contributed by atoms with van der Waals surface area (Å²) in [6.07, 6.45) is 4.91. The maximum absolute atomic E-state index is 5.45. The Balaban J connectivity index is 1.85. The number of hydrogen-bond donors (Lipinski definition) is 1. The third kappa shape index (κ3) is 2.18. The Morgan fingerprint density at radius 3 is 3.17 bits per heavy atom. The lowest BCUT2D eigenvalue weighted by Gasteiger charge is -2.21. The van der Waals surface area contributed by atoms with Crippen molar-refractivity contribution in [3.63, 3.8) is 0 Å². The molecular weight excluding hydrogens is 224 g/mol. The molecule has 3 rings (SSSR count). The summed E-state index contributed by atoms with van der Waals surface area (Å²) in [5, 5.41) is 6.02. The van der Waals surface area contributed by atoms with E-state index in [1.165, 1.54) is 16.5 Å². The van der Waals surface area contributed by atoms with Gasteiger partial charge in [-0.3, -0.25) is 4.98 Å². The van der Waals surface area contributed by atoms with E-state index in [1.807, 2.05) is 18.5 Å². The van der Waals surface area contributed by atoms with Crippen LogP contribution in [0.5, 0.6) is 0 Å². The number of hydrogen-bond acceptors (Lipinski definition) is 3. The first-order chi connectivity index (χ1) is 8.84. The van der Waals surface area contributed by atoms with E-state index in [0.717, 1.165) is 19.6 Å². The quantitative estimate of drug-likeness (QED) is 0.898. The molecule has 0 bridgehead atoms. The highest BCUT2D eigenvalue weighted by atomic mass is 16.5. The van der Waals surface area contributed by atoms with Crippen LogP contribution in [0.15, 0.2) is 36.7 Å². The molecule has 1 fully saturated rings. The van der Waals surface area contributed by atoms with Crippen molar-refractivity contribution in [1.82, 2.24) is 4.98 Å². The Morgan fingerprint density at radius 2 is 2.33 bits per heavy atom. The van der Waals surface area contributed by atoms with Crippen molar-refractivity contribution < 1.29 is 4.74 Å². The first-order valence-electron chi connectivity index (χ1n) is 6.51. The third-order valence-corrected chi connectivity index (χ3v) is 3.74. The number of nitrogens with zero attached hydrogens (tertiary/aromatic N) is 1. The summed E-state index contributed by atoms with van der Waals surface area (Å²) in [4.78, 5) is 4.21. The molecule has 2 aromatic rings. The highest BCUT2D eigenvalue weighted by molar-refractivity contribution is 5.93. The fourth-order valence-corrected chi connectivity index (χ4v) is 2.55. The lowest BCUT2D eigenvalue weighted by atomic mass is 10.00. The Bertz CT molecular complexity index is 530. The van der Waals surface area contributed by atoms with Gasteiger partial charge >= 0.3 is 0 Å². The number of benzene rings is 1. The van der Waals surface area contributed by atoms with E-state index in [2.05, 4.69) is 35.4 Å². The lowest BCUT2D eigenvalue weighted by Crippen LogP contribution is -2.26. The largest absolute Gasteiger partial charge is 0.382 e. The van der Waals surface area contributed by atoms with Crippen molar-refractivity contribution in [2.24, 2.45) is 5.92 Å². The second-order valence-corrected chi connectivity index (χ2v) is 4.96. The van der Waals surface area contributed by atoms with Gasteiger partial charge in [-0.05, 0) is 30.9 Å². The molecule has 2 heterocycles. The van der Waals surface area contributed by atoms with Gasteiger partial charge in [0.05, 0.1) is 6.61 Å². The molecule has 3 nitrogen and oxygen atoms in total. The summed E-state index contributed by atoms with van der Waals surface area (Å²) in [6.45, 7) is 4.00. The van der Waals surface area contributed by atoms with Gasteiger partial charge in [0.2, 0.25) is 0 Å². The molecule has 0 saturated carbocycles. The Kier molecular flexibility index (Phi) is 3.15. The van der Waals surface area contributed by atoms with Gasteiger partial charge in [0, 0.05) is 42.0 Å². The number of pyridine rings is 1. The highest BCUT2D eigenvalue weighted by Crippen LogP contribution is 2.25. The Hall–Kier alpha value is -1.61. The average Bonchev–Trinajstić information content (AvgIpc) is 2.93. The Labute approximate surface area is 107 Å². The summed E-state index contributed by atoms with van der Waals surface area (Å²) in [5.74, 6) is 0.608. The van der Waals surface area contributed by atoms with E-state index < -0.39 is 0 Å². The lowest BCUT2D eigenvalue weighted by molar-refractivity contribution is 0.183. The third-order valence-electron chi connectivity index (χ3n) is 3.74. The van der Waals surface area contributed by atoms with Gasteiger partial charge < -0.3 is 10.1 Å². The van der Waals surface area contributed by atoms with Crippen LogP contribution in [0.2, 0.25) is 0 Å². The van der Waals surface area contributed by atoms with Crippen molar-refractivity contribution in [2.45, 2.75) is 19.4 Å². The van der Waals surface area contributed by atoms with Gasteiger partial charge in [0.15, 0.2) is 0 Å². The molecule has 2 unspecified atom stereocenters. The van der Waals surface area contributed by atoms with Gasteiger partial charge in [-0.1, -0.05) is 12.1 Å². The molecular formula is C15H18N2O. The number of rotatable bonds is 3. The molecule has 0 radical (unpaired) electrons. The molecule has 18 heavy (non-hydrogen) atoms. The zero-order valence-electron chi connectivity index (χ0n) is 10.6. The molecule has 1 aromatic heterocycles. The molecule has 1 aliphatic heterocycles. The van der Waals surface area contributed by atoms with Crippen molar-refractivity contribution in [2.75, 3.05) is 18.5 Å². The number of ether oxygens (including phenoxy) is 1. The molecule has 1 N–H and O–H groups in total. The van der Waals surface area contributed by atoms with Crippen LogP contribution >= 0.6 is 0 Å². The van der Waals surface area contributed by atoms with Crippen LogP contribution < -0.4 is 5.32 Å². The van der Waals surface area contributed by atoms with Crippen LogP contribution in [-0.2, 0) is 4.74 Å². The second-order valence-electron chi connectivity index (χ2n) is 4.96. The standard InChI is InChI=1S/C15H18N2O/c1-11(13-6-8-18-10-13)17-15-4-2-3-12-5-7-16-9-14(12)15/h2-5,7,9,11,13,17H,6,8,10H2,1H3. The topological polar surface area (TPSA) is 34.2 Å². The summed E-state index contributed by atoms with van der Waals surface area (Å²) >= 11 is 0. The molecule has 1 aliphatic rings. The maximum atomic E-state index is 5.45. The molecule has 2 atom stereocenters. The predicted molar refractivity (Wildman–Crippen MR) is 73.8 cm³/mol. The van der Waals surface area contributed by atoms with Gasteiger partial charge in [0.1, 0.15) is 0 Å². The predicted octanol–water partition coefficient (Wildman–Crippen LogP) is 3.07. The van der Waals surface area contributed by atoms with Gasteiger partial charge in [0.25, 0.3) is 0 Å². The molecule has 0 aliphatic carbocycles. The zero-order chi connectivity index (χ0) is 12.4. The number of aromatic nitrogens is 1. The average molecular weight is 242 g/mol. The minimum atomic E-state index is 0.429. The summed E-state index contributed by atoms with van der Waals surface area (Å²) in [6, 6.07) is 8.80. The van der Waals surface area contributed by atoms with E-state index in [-0.39, 0.29) is 0 Å². The van der Waals surface area contributed by atoms with Crippen molar-refractivity contribution in [3.05, 3.63) is 36.7 Å². The fraction of sp³-hybridized carbons (Fsp3) is 0.400. The molecule has 1 saturated heterocycles. The van der Waals surface area contributed by atoms with E-state index in [4.69, 9.17) is 4.74 Å². The smallest absolute Gasteiger partial charge is 0.0514 e. The van der Waals surface area contributed by atoms with Crippen LogP contribution in [0.25, 0.3) is 10.8 Å². The zero-order valence-corrected chi connectivity index (χ0v) is 10.6. The number of fused-ring (bicyclic) bond motifs is 1. The fourth-order valence-electron chi connectivity index (χ4n) is 2.55. The van der Waals surface area contributed by atoms with Gasteiger partial charge in [-0.2, -0.15) is 0 Å². The van der Waals surface area contributed by atoms with E-state index in [0.29, 0.717) is 12.0 Å². The summed E-state index contributed by atoms with van der Waals surface area (Å²) < 4.78 is 5.45. The monoisotopic (exact) mass is 242 g/mol. The Morgan fingerprint density at radius 1 is 1.39 bits per heavy atom. The molecule has 1 aromatic carbocycles. The van der Waals surface area contributed by atoms with Crippen molar-refractivity contribution in [3.8, 4) is 0 Å². The summed E-state index contributed by atoms with van der Waals surface area (Å²) in [5.41, 5.74) is 1.17. The molecule has 0 amide bonds. The normalized spacial score (nSPS) is 21.1. The van der Waals surface area contributed by atoms with Crippen LogP contribution in [0.3, 0.4) is 0 Å². The number of nitrogens with one attached hydrogen (secondary N) is 1. The maximum Gasteiger partial charge on any atom is 0.0514 e. The van der Waals surface area contributed by atoms with Gasteiger partial charge in [-0.25, -0.2) is 0 Å². The second kappa shape index (κ2) is 4.94. The summed E-state index contributed by atoms with van der Waals surface area (Å²) in [7, 11) is 0.